The number of nitriles is 1. The molecule has 2 aliphatic rings. The molecule has 2 rings (SSSR count). The van der Waals surface area contributed by atoms with Gasteiger partial charge in [0.25, 0.3) is 0 Å². The van der Waals surface area contributed by atoms with Crippen LogP contribution < -0.4 is 0 Å². The van der Waals surface area contributed by atoms with Crippen LogP contribution in [0.25, 0.3) is 0 Å². The highest BCUT2D eigenvalue weighted by atomic mass is 16.7. The smallest absolute Gasteiger partial charge is 0.160 e. The van der Waals surface area contributed by atoms with E-state index in [0.717, 1.165) is 38.7 Å². The molecule has 1 aliphatic heterocycles. The van der Waals surface area contributed by atoms with Gasteiger partial charge >= 0.3 is 0 Å². The molecular weight excluding hydrogens is 278 g/mol. The molecule has 0 unspecified atom stereocenters. The Kier molecular flexibility index (Phi) is 8.22. The quantitative estimate of drug-likeness (QED) is 0.635. The molecule has 0 bridgehead atoms. The van der Waals surface area contributed by atoms with Crippen LogP contribution in [0.3, 0.4) is 0 Å². The maximum atomic E-state index is 8.94. The van der Waals surface area contributed by atoms with Crippen molar-refractivity contribution in [1.82, 2.24) is 0 Å². The first-order chi connectivity index (χ1) is 10.8. The van der Waals surface area contributed by atoms with Gasteiger partial charge in [-0.05, 0) is 32.1 Å². The van der Waals surface area contributed by atoms with Crippen LogP contribution in [0.5, 0.6) is 0 Å². The second-order valence-electron chi connectivity index (χ2n) is 6.68. The molecule has 1 saturated heterocycles. The molecule has 1 saturated carbocycles. The van der Waals surface area contributed by atoms with Gasteiger partial charge in [-0.3, -0.25) is 0 Å². The molecule has 126 valence electrons. The number of rotatable bonds is 8. The van der Waals surface area contributed by atoms with Gasteiger partial charge < -0.3 is 14.2 Å². The summed E-state index contributed by atoms with van der Waals surface area (Å²) in [6, 6.07) is 2.37. The minimum absolute atomic E-state index is 0.0796. The third kappa shape index (κ3) is 5.87. The van der Waals surface area contributed by atoms with Crippen molar-refractivity contribution in [2.24, 2.45) is 11.8 Å². The number of nitrogens with zero attached hydrogens (tertiary/aromatic N) is 1. The average Bonchev–Trinajstić information content (AvgIpc) is 2.59. The lowest BCUT2D eigenvalue weighted by molar-refractivity contribution is -0.249. The van der Waals surface area contributed by atoms with E-state index in [1.54, 1.807) is 0 Å². The molecule has 4 heteroatoms. The molecule has 2 fully saturated rings. The van der Waals surface area contributed by atoms with Crippen molar-refractivity contribution in [3.05, 3.63) is 0 Å². The molecule has 0 aromatic heterocycles. The molecule has 22 heavy (non-hydrogen) atoms. The third-order valence-corrected chi connectivity index (χ3v) is 4.83. The Bertz CT molecular complexity index is 326. The first-order valence-corrected chi connectivity index (χ1v) is 9.08. The van der Waals surface area contributed by atoms with Gasteiger partial charge in [0.15, 0.2) is 6.29 Å². The normalized spacial score (nSPS) is 32.5. The Hall–Kier alpha value is -0.630. The number of hydrogen-bond acceptors (Lipinski definition) is 4. The molecule has 1 aliphatic carbocycles. The van der Waals surface area contributed by atoms with Crippen LogP contribution in [0.4, 0.5) is 0 Å². The summed E-state index contributed by atoms with van der Waals surface area (Å²) >= 11 is 0. The van der Waals surface area contributed by atoms with Gasteiger partial charge in [0.2, 0.25) is 0 Å². The molecule has 0 aromatic carbocycles. The van der Waals surface area contributed by atoms with Crippen molar-refractivity contribution in [3.8, 4) is 6.07 Å². The fourth-order valence-corrected chi connectivity index (χ4v) is 3.35. The minimum Gasteiger partial charge on any atom is -0.373 e. The van der Waals surface area contributed by atoms with E-state index in [-0.39, 0.29) is 18.3 Å². The van der Waals surface area contributed by atoms with E-state index >= 15 is 0 Å². The van der Waals surface area contributed by atoms with Crippen molar-refractivity contribution in [2.45, 2.75) is 77.1 Å². The van der Waals surface area contributed by atoms with E-state index in [4.69, 9.17) is 19.5 Å². The van der Waals surface area contributed by atoms with Gasteiger partial charge in [0.05, 0.1) is 19.3 Å². The van der Waals surface area contributed by atoms with Gasteiger partial charge in [-0.1, -0.05) is 32.6 Å². The summed E-state index contributed by atoms with van der Waals surface area (Å²) in [4.78, 5) is 0. The number of unbranched alkanes of at least 4 members (excludes halogenated alkanes) is 4. The highest BCUT2D eigenvalue weighted by Crippen LogP contribution is 2.33. The van der Waals surface area contributed by atoms with Crippen molar-refractivity contribution >= 4 is 0 Å². The fraction of sp³-hybridized carbons (Fsp3) is 0.944. The predicted octanol–water partition coefficient (Wildman–Crippen LogP) is 4.04. The Balaban J connectivity index is 1.53. The Morgan fingerprint density at radius 3 is 2.32 bits per heavy atom. The van der Waals surface area contributed by atoms with Crippen LogP contribution in [0.2, 0.25) is 0 Å². The van der Waals surface area contributed by atoms with Gasteiger partial charge in [0, 0.05) is 18.4 Å². The van der Waals surface area contributed by atoms with Gasteiger partial charge in [0.1, 0.15) is 6.10 Å². The molecule has 0 spiro atoms. The molecule has 0 radical (unpaired) electrons. The summed E-state index contributed by atoms with van der Waals surface area (Å²) in [6.45, 7) is 4.35. The zero-order valence-corrected chi connectivity index (χ0v) is 14.0. The van der Waals surface area contributed by atoms with Gasteiger partial charge in [-0.2, -0.15) is 5.26 Å². The maximum absolute atomic E-state index is 8.94. The number of ether oxygens (including phenoxy) is 3. The SMILES string of the molecule is CCCCCCCOC1COC([C@H]2CC[C@H](C#N)CC2)OC1. The van der Waals surface area contributed by atoms with E-state index in [2.05, 4.69) is 13.0 Å². The summed E-state index contributed by atoms with van der Waals surface area (Å²) in [5.41, 5.74) is 0. The van der Waals surface area contributed by atoms with Crippen molar-refractivity contribution in [1.29, 1.82) is 5.26 Å². The lowest BCUT2D eigenvalue weighted by Gasteiger charge is -2.36. The second kappa shape index (κ2) is 10.2. The molecule has 0 aromatic rings. The van der Waals surface area contributed by atoms with Crippen molar-refractivity contribution in [2.75, 3.05) is 19.8 Å². The van der Waals surface area contributed by atoms with Crippen LogP contribution >= 0.6 is 0 Å². The van der Waals surface area contributed by atoms with Crippen LogP contribution in [-0.2, 0) is 14.2 Å². The van der Waals surface area contributed by atoms with Crippen LogP contribution in [0.15, 0.2) is 0 Å². The standard InChI is InChI=1S/C18H31NO3/c1-2-3-4-5-6-11-20-17-13-21-18(22-14-17)16-9-7-15(12-19)8-10-16/h15-18H,2-11,13-14H2,1H3/t15-,16-,17?,18?. The zero-order valence-electron chi connectivity index (χ0n) is 14.0. The summed E-state index contributed by atoms with van der Waals surface area (Å²) in [5, 5.41) is 8.94. The van der Waals surface area contributed by atoms with E-state index in [1.807, 2.05) is 0 Å². The topological polar surface area (TPSA) is 51.5 Å². The molecule has 4 nitrogen and oxygen atoms in total. The molecule has 0 amide bonds. The van der Waals surface area contributed by atoms with Crippen LogP contribution in [0.1, 0.15) is 64.7 Å². The maximum Gasteiger partial charge on any atom is 0.160 e. The van der Waals surface area contributed by atoms with Crippen LogP contribution in [0, 0.1) is 23.2 Å². The van der Waals surface area contributed by atoms with E-state index in [9.17, 15) is 0 Å². The van der Waals surface area contributed by atoms with E-state index in [0.29, 0.717) is 19.1 Å². The van der Waals surface area contributed by atoms with Crippen molar-refractivity contribution in [3.63, 3.8) is 0 Å². The van der Waals surface area contributed by atoms with Gasteiger partial charge in [-0.15, -0.1) is 0 Å². The highest BCUT2D eigenvalue weighted by Gasteiger charge is 2.32. The minimum atomic E-state index is -0.0796. The summed E-state index contributed by atoms with van der Waals surface area (Å²) < 4.78 is 17.6. The monoisotopic (exact) mass is 309 g/mol. The van der Waals surface area contributed by atoms with E-state index in [1.165, 1.54) is 25.7 Å². The first-order valence-electron chi connectivity index (χ1n) is 9.08. The lowest BCUT2D eigenvalue weighted by atomic mass is 9.82. The Morgan fingerprint density at radius 1 is 1.00 bits per heavy atom. The predicted molar refractivity (Wildman–Crippen MR) is 85.3 cm³/mol. The average molecular weight is 309 g/mol. The second-order valence-corrected chi connectivity index (χ2v) is 6.68. The molecular formula is C18H31NO3. The molecule has 0 N–H and O–H groups in total. The Labute approximate surface area is 135 Å². The van der Waals surface area contributed by atoms with Crippen molar-refractivity contribution < 1.29 is 14.2 Å². The molecule has 0 atom stereocenters. The highest BCUT2D eigenvalue weighted by molar-refractivity contribution is 4.88. The Morgan fingerprint density at radius 2 is 1.68 bits per heavy atom. The third-order valence-electron chi connectivity index (χ3n) is 4.83. The summed E-state index contributed by atoms with van der Waals surface area (Å²) in [5.74, 6) is 0.697. The lowest BCUT2D eigenvalue weighted by Crippen LogP contribution is -2.42. The zero-order chi connectivity index (χ0) is 15.6. The van der Waals surface area contributed by atoms with E-state index < -0.39 is 0 Å². The number of hydrogen-bond donors (Lipinski definition) is 0. The van der Waals surface area contributed by atoms with Crippen LogP contribution in [-0.4, -0.2) is 32.2 Å². The van der Waals surface area contributed by atoms with Gasteiger partial charge in [-0.25, -0.2) is 0 Å². The largest absolute Gasteiger partial charge is 0.373 e. The molecule has 1 heterocycles. The fourth-order valence-electron chi connectivity index (χ4n) is 3.35. The summed E-state index contributed by atoms with van der Waals surface area (Å²) in [6.07, 6.45) is 10.4. The summed E-state index contributed by atoms with van der Waals surface area (Å²) in [7, 11) is 0. The first kappa shape index (κ1) is 17.7.